The molecule has 1 atom stereocenters. The Balaban J connectivity index is 2.59. The van der Waals surface area contributed by atoms with E-state index in [1.54, 1.807) is 6.07 Å². The molecule has 5 heteroatoms. The number of nitrogens with one attached hydrogen (secondary N) is 1. The largest absolute Gasteiger partial charge is 0.481 e. The first-order chi connectivity index (χ1) is 7.50. The van der Waals surface area contributed by atoms with E-state index in [9.17, 15) is 4.79 Å². The van der Waals surface area contributed by atoms with Gasteiger partial charge in [0, 0.05) is 12.5 Å². The van der Waals surface area contributed by atoms with Crippen LogP contribution in [-0.2, 0) is 4.79 Å². The molecule has 16 heavy (non-hydrogen) atoms. The maximum Gasteiger partial charge on any atom is 0.303 e. The Kier molecular flexibility index (Phi) is 5.09. The first-order valence-electron chi connectivity index (χ1n) is 4.93. The number of rotatable bonds is 5. The highest BCUT2D eigenvalue weighted by Crippen LogP contribution is 2.30. The average Bonchev–Trinajstić information content (AvgIpc) is 2.22. The second-order valence-corrected chi connectivity index (χ2v) is 4.78. The van der Waals surface area contributed by atoms with E-state index in [0.717, 1.165) is 10.2 Å². The highest BCUT2D eigenvalue weighted by molar-refractivity contribution is 9.10. The molecule has 1 unspecified atom stereocenters. The molecule has 0 aliphatic heterocycles. The molecule has 0 radical (unpaired) electrons. The third-order valence-corrected chi connectivity index (χ3v) is 3.54. The second kappa shape index (κ2) is 6.11. The van der Waals surface area contributed by atoms with Crippen molar-refractivity contribution < 1.29 is 9.90 Å². The van der Waals surface area contributed by atoms with Crippen molar-refractivity contribution in [1.82, 2.24) is 0 Å². The van der Waals surface area contributed by atoms with E-state index in [4.69, 9.17) is 16.7 Å². The predicted molar refractivity (Wildman–Crippen MR) is 69.1 cm³/mol. The summed E-state index contributed by atoms with van der Waals surface area (Å²) in [5.41, 5.74) is 0.880. The smallest absolute Gasteiger partial charge is 0.303 e. The van der Waals surface area contributed by atoms with Gasteiger partial charge in [-0.05, 0) is 41.4 Å². The SMILES string of the molecule is CC(CCC(=O)O)Nc1cccc(Cl)c1Br. The van der Waals surface area contributed by atoms with Crippen LogP contribution in [0.4, 0.5) is 5.69 Å². The van der Waals surface area contributed by atoms with Crippen LogP contribution in [-0.4, -0.2) is 17.1 Å². The molecule has 88 valence electrons. The van der Waals surface area contributed by atoms with Crippen molar-refractivity contribution in [2.24, 2.45) is 0 Å². The van der Waals surface area contributed by atoms with Crippen molar-refractivity contribution in [3.05, 3.63) is 27.7 Å². The summed E-state index contributed by atoms with van der Waals surface area (Å²) in [5, 5.41) is 12.4. The van der Waals surface area contributed by atoms with Crippen LogP contribution in [0.5, 0.6) is 0 Å². The summed E-state index contributed by atoms with van der Waals surface area (Å²) in [7, 11) is 0. The highest BCUT2D eigenvalue weighted by atomic mass is 79.9. The topological polar surface area (TPSA) is 49.3 Å². The van der Waals surface area contributed by atoms with Gasteiger partial charge >= 0.3 is 5.97 Å². The summed E-state index contributed by atoms with van der Waals surface area (Å²) in [6.45, 7) is 1.94. The zero-order valence-corrected chi connectivity index (χ0v) is 11.2. The number of aliphatic carboxylic acids is 1. The number of hydrogen-bond acceptors (Lipinski definition) is 2. The summed E-state index contributed by atoms with van der Waals surface area (Å²) < 4.78 is 0.804. The Morgan fingerprint density at radius 1 is 1.62 bits per heavy atom. The Bertz CT molecular complexity index is 384. The number of benzene rings is 1. The van der Waals surface area contributed by atoms with Crippen LogP contribution in [0, 0.1) is 0 Å². The summed E-state index contributed by atoms with van der Waals surface area (Å²) in [5.74, 6) is -0.779. The summed E-state index contributed by atoms with van der Waals surface area (Å²) >= 11 is 9.32. The van der Waals surface area contributed by atoms with Gasteiger partial charge in [0.05, 0.1) is 15.2 Å². The molecule has 1 aromatic carbocycles. The minimum Gasteiger partial charge on any atom is -0.481 e. The second-order valence-electron chi connectivity index (χ2n) is 3.58. The molecular formula is C11H13BrClNO2. The monoisotopic (exact) mass is 305 g/mol. The number of hydrogen-bond donors (Lipinski definition) is 2. The predicted octanol–water partition coefficient (Wildman–Crippen LogP) is 3.77. The summed E-state index contributed by atoms with van der Waals surface area (Å²) in [6, 6.07) is 5.62. The van der Waals surface area contributed by atoms with Crippen LogP contribution in [0.15, 0.2) is 22.7 Å². The summed E-state index contributed by atoms with van der Waals surface area (Å²) in [6.07, 6.45) is 0.737. The molecule has 0 amide bonds. The van der Waals surface area contributed by atoms with Crippen molar-refractivity contribution in [3.63, 3.8) is 0 Å². The fourth-order valence-electron chi connectivity index (χ4n) is 1.29. The molecule has 0 heterocycles. The normalized spacial score (nSPS) is 12.2. The van der Waals surface area contributed by atoms with Gasteiger partial charge in [-0.2, -0.15) is 0 Å². The number of carboxylic acid groups (broad SMARTS) is 1. The van der Waals surface area contributed by atoms with Crippen molar-refractivity contribution in [2.45, 2.75) is 25.8 Å². The Labute approximate surface area is 108 Å². The molecule has 1 aromatic rings. The number of carboxylic acids is 1. The van der Waals surface area contributed by atoms with E-state index < -0.39 is 5.97 Å². The van der Waals surface area contributed by atoms with E-state index >= 15 is 0 Å². The maximum atomic E-state index is 10.4. The van der Waals surface area contributed by atoms with Gasteiger partial charge in [0.2, 0.25) is 0 Å². The first kappa shape index (κ1) is 13.3. The highest BCUT2D eigenvalue weighted by Gasteiger charge is 2.08. The minimum absolute atomic E-state index is 0.0888. The number of carbonyl (C=O) groups is 1. The molecular weight excluding hydrogens is 293 g/mol. The molecule has 0 aliphatic rings. The van der Waals surface area contributed by atoms with Crippen LogP contribution in [0.3, 0.4) is 0 Å². The summed E-state index contributed by atoms with van der Waals surface area (Å²) in [4.78, 5) is 10.4. The first-order valence-corrected chi connectivity index (χ1v) is 6.10. The lowest BCUT2D eigenvalue weighted by atomic mass is 10.1. The van der Waals surface area contributed by atoms with Crippen molar-refractivity contribution >= 4 is 39.2 Å². The lowest BCUT2D eigenvalue weighted by molar-refractivity contribution is -0.137. The van der Waals surface area contributed by atoms with Crippen LogP contribution in [0.2, 0.25) is 5.02 Å². The molecule has 0 saturated heterocycles. The van der Waals surface area contributed by atoms with Gasteiger partial charge in [0.1, 0.15) is 0 Å². The van der Waals surface area contributed by atoms with Gasteiger partial charge in [-0.3, -0.25) is 4.79 Å². The molecule has 2 N–H and O–H groups in total. The average molecular weight is 307 g/mol. The Morgan fingerprint density at radius 2 is 2.31 bits per heavy atom. The minimum atomic E-state index is -0.779. The zero-order chi connectivity index (χ0) is 12.1. The van der Waals surface area contributed by atoms with E-state index in [0.29, 0.717) is 11.4 Å². The third kappa shape index (κ3) is 4.02. The number of halogens is 2. The van der Waals surface area contributed by atoms with E-state index in [1.165, 1.54) is 0 Å². The quantitative estimate of drug-likeness (QED) is 0.870. The van der Waals surface area contributed by atoms with Crippen LogP contribution in [0.25, 0.3) is 0 Å². The van der Waals surface area contributed by atoms with Gasteiger partial charge < -0.3 is 10.4 Å². The molecule has 0 saturated carbocycles. The molecule has 0 spiro atoms. The number of anilines is 1. The molecule has 3 nitrogen and oxygen atoms in total. The molecule has 1 rings (SSSR count). The lowest BCUT2D eigenvalue weighted by Gasteiger charge is -2.15. The standard InChI is InChI=1S/C11H13BrClNO2/c1-7(5-6-10(15)16)14-9-4-2-3-8(13)11(9)12/h2-4,7,14H,5-6H2,1H3,(H,15,16). The molecule has 0 bridgehead atoms. The van der Waals surface area contributed by atoms with Crippen molar-refractivity contribution in [3.8, 4) is 0 Å². The fraction of sp³-hybridized carbons (Fsp3) is 0.364. The fourth-order valence-corrected chi connectivity index (χ4v) is 1.85. The third-order valence-electron chi connectivity index (χ3n) is 2.14. The van der Waals surface area contributed by atoms with Crippen LogP contribution < -0.4 is 5.32 Å². The van der Waals surface area contributed by atoms with E-state index in [1.807, 2.05) is 19.1 Å². The molecule has 0 fully saturated rings. The van der Waals surface area contributed by atoms with E-state index in [-0.39, 0.29) is 12.5 Å². The van der Waals surface area contributed by atoms with Crippen LogP contribution >= 0.6 is 27.5 Å². The van der Waals surface area contributed by atoms with Crippen molar-refractivity contribution in [1.29, 1.82) is 0 Å². The van der Waals surface area contributed by atoms with E-state index in [2.05, 4.69) is 21.2 Å². The van der Waals surface area contributed by atoms with Gasteiger partial charge in [0.25, 0.3) is 0 Å². The Morgan fingerprint density at radius 3 is 2.94 bits per heavy atom. The van der Waals surface area contributed by atoms with Crippen molar-refractivity contribution in [2.75, 3.05) is 5.32 Å². The molecule has 0 aliphatic carbocycles. The van der Waals surface area contributed by atoms with Gasteiger partial charge in [-0.25, -0.2) is 0 Å². The molecule has 0 aromatic heterocycles. The van der Waals surface area contributed by atoms with Gasteiger partial charge in [-0.15, -0.1) is 0 Å². The van der Waals surface area contributed by atoms with Gasteiger partial charge in [0.15, 0.2) is 0 Å². The van der Waals surface area contributed by atoms with Crippen LogP contribution in [0.1, 0.15) is 19.8 Å². The zero-order valence-electron chi connectivity index (χ0n) is 8.84. The Hall–Kier alpha value is -0.740. The lowest BCUT2D eigenvalue weighted by Crippen LogP contribution is -2.16. The maximum absolute atomic E-state index is 10.4. The van der Waals surface area contributed by atoms with Gasteiger partial charge in [-0.1, -0.05) is 17.7 Å².